The topological polar surface area (TPSA) is 64.0 Å². The van der Waals surface area contributed by atoms with Crippen molar-refractivity contribution < 1.29 is 9.59 Å². The molecule has 5 rings (SSSR count). The van der Waals surface area contributed by atoms with E-state index < -0.39 is 0 Å². The highest BCUT2D eigenvalue weighted by molar-refractivity contribution is 7.99. The predicted molar refractivity (Wildman–Crippen MR) is 122 cm³/mol. The largest absolute Gasteiger partial charge is 0.362 e. The number of Topliss-reactive ketones (excluding diaryl/α,β-unsaturated/α-hetero) is 2. The minimum atomic E-state index is -0.311. The fourth-order valence-corrected chi connectivity index (χ4v) is 5.76. The van der Waals surface area contributed by atoms with Crippen LogP contribution < -0.4 is 5.32 Å². The third-order valence-electron chi connectivity index (χ3n) is 6.39. The molecule has 1 aromatic carbocycles. The van der Waals surface area contributed by atoms with Gasteiger partial charge in [-0.1, -0.05) is 49.0 Å². The van der Waals surface area contributed by atoms with E-state index in [1.54, 1.807) is 11.8 Å². The number of benzene rings is 1. The summed E-state index contributed by atoms with van der Waals surface area (Å²) in [5, 5.41) is 4.44. The monoisotopic (exact) mass is 433 g/mol. The molecule has 2 heterocycles. The summed E-state index contributed by atoms with van der Waals surface area (Å²) < 4.78 is 2.22. The van der Waals surface area contributed by atoms with E-state index in [0.717, 1.165) is 64.8 Å². The van der Waals surface area contributed by atoms with Crippen molar-refractivity contribution in [3.63, 3.8) is 0 Å². The van der Waals surface area contributed by atoms with Crippen LogP contribution >= 0.6 is 11.8 Å². The Morgan fingerprint density at radius 3 is 2.26 bits per heavy atom. The highest BCUT2D eigenvalue weighted by Crippen LogP contribution is 2.45. The van der Waals surface area contributed by atoms with Crippen LogP contribution in [0.15, 0.2) is 64.2 Å². The molecule has 5 nitrogen and oxygen atoms in total. The van der Waals surface area contributed by atoms with E-state index in [1.807, 2.05) is 24.4 Å². The molecule has 0 spiro atoms. The molecule has 1 aromatic heterocycles. The fourth-order valence-electron chi connectivity index (χ4n) is 5.05. The van der Waals surface area contributed by atoms with Gasteiger partial charge in [-0.3, -0.25) is 9.59 Å². The summed E-state index contributed by atoms with van der Waals surface area (Å²) in [4.78, 5) is 31.0. The Morgan fingerprint density at radius 1 is 1.00 bits per heavy atom. The second-order valence-electron chi connectivity index (χ2n) is 8.37. The Balaban J connectivity index is 1.68. The van der Waals surface area contributed by atoms with Crippen molar-refractivity contribution in [2.45, 2.75) is 63.1 Å². The van der Waals surface area contributed by atoms with Gasteiger partial charge < -0.3 is 9.88 Å². The molecule has 31 heavy (non-hydrogen) atoms. The molecule has 2 aliphatic carbocycles. The molecule has 0 bridgehead atoms. The number of hydrogen-bond donors (Lipinski definition) is 1. The lowest BCUT2D eigenvalue weighted by atomic mass is 9.73. The van der Waals surface area contributed by atoms with Crippen molar-refractivity contribution in [3.8, 4) is 0 Å². The molecule has 0 saturated carbocycles. The summed E-state index contributed by atoms with van der Waals surface area (Å²) >= 11 is 1.70. The number of allylic oxidation sites excluding steroid dienone is 4. The quantitative estimate of drug-likeness (QED) is 0.690. The van der Waals surface area contributed by atoms with Crippen LogP contribution in [-0.4, -0.2) is 26.9 Å². The van der Waals surface area contributed by atoms with Crippen LogP contribution in [0.2, 0.25) is 0 Å². The Kier molecular flexibility index (Phi) is 5.57. The summed E-state index contributed by atoms with van der Waals surface area (Å²) in [7, 11) is 0. The minimum Gasteiger partial charge on any atom is -0.362 e. The summed E-state index contributed by atoms with van der Waals surface area (Å²) in [6.07, 6.45) is 6.48. The Bertz CT molecular complexity index is 1060. The number of dihydropyridines is 1. The first-order valence-corrected chi connectivity index (χ1v) is 12.2. The van der Waals surface area contributed by atoms with Crippen LogP contribution in [0.3, 0.4) is 0 Å². The van der Waals surface area contributed by atoms with E-state index in [4.69, 9.17) is 4.98 Å². The zero-order valence-corrected chi connectivity index (χ0v) is 18.6. The van der Waals surface area contributed by atoms with Crippen molar-refractivity contribution in [2.24, 2.45) is 0 Å². The smallest absolute Gasteiger partial charge is 0.168 e. The highest BCUT2D eigenvalue weighted by Gasteiger charge is 2.41. The van der Waals surface area contributed by atoms with Gasteiger partial charge in [0.25, 0.3) is 0 Å². The number of nitrogens with zero attached hydrogens (tertiary/aromatic N) is 2. The number of ketones is 2. The number of hydrogen-bond acceptors (Lipinski definition) is 5. The second-order valence-corrected chi connectivity index (χ2v) is 9.60. The van der Waals surface area contributed by atoms with Crippen LogP contribution in [-0.2, 0) is 16.1 Å². The summed E-state index contributed by atoms with van der Waals surface area (Å²) in [5.74, 6) is 0.938. The van der Waals surface area contributed by atoms with Crippen LogP contribution in [0.1, 0.15) is 62.6 Å². The average Bonchev–Trinajstić information content (AvgIpc) is 3.15. The van der Waals surface area contributed by atoms with Gasteiger partial charge in [-0.2, -0.15) is 0 Å². The number of nitrogens with one attached hydrogen (secondary N) is 1. The average molecular weight is 434 g/mol. The third-order valence-corrected chi connectivity index (χ3v) is 7.27. The molecule has 1 N–H and O–H groups in total. The molecular formula is C25H27N3O2S. The van der Waals surface area contributed by atoms with Crippen molar-refractivity contribution in [1.82, 2.24) is 14.9 Å². The van der Waals surface area contributed by atoms with E-state index in [1.165, 1.54) is 5.56 Å². The number of carbonyl (C=O) groups is 2. The van der Waals surface area contributed by atoms with Crippen molar-refractivity contribution in [2.75, 3.05) is 5.75 Å². The van der Waals surface area contributed by atoms with E-state index in [-0.39, 0.29) is 17.5 Å². The zero-order valence-electron chi connectivity index (χ0n) is 17.8. The first kappa shape index (κ1) is 20.3. The second kappa shape index (κ2) is 8.50. The highest BCUT2D eigenvalue weighted by atomic mass is 32.2. The minimum absolute atomic E-state index is 0.167. The van der Waals surface area contributed by atoms with Crippen LogP contribution in [0.5, 0.6) is 0 Å². The number of carbonyl (C=O) groups excluding carboxylic acids is 2. The normalized spacial score (nSPS) is 19.4. The zero-order chi connectivity index (χ0) is 21.4. The summed E-state index contributed by atoms with van der Waals surface area (Å²) in [6, 6.07) is 10.3. The van der Waals surface area contributed by atoms with E-state index in [0.29, 0.717) is 19.4 Å². The van der Waals surface area contributed by atoms with Gasteiger partial charge in [-0.05, 0) is 37.0 Å². The maximum atomic E-state index is 13.1. The molecular weight excluding hydrogens is 406 g/mol. The van der Waals surface area contributed by atoms with Gasteiger partial charge in [0.2, 0.25) is 0 Å². The molecule has 1 aliphatic heterocycles. The standard InChI is InChI=1S/C25H27N3O2S/c1-2-31-25-26-14-19(28(25)15-16-8-4-3-5-9-16)24-22-17(10-6-12-20(22)29)27-18-11-7-13-21(30)23(18)24/h3-5,8-9,14,24,27H,2,6-7,10-13,15H2,1H3. The summed E-state index contributed by atoms with van der Waals surface area (Å²) in [5.41, 5.74) is 5.78. The maximum Gasteiger partial charge on any atom is 0.168 e. The van der Waals surface area contributed by atoms with Crippen LogP contribution in [0, 0.1) is 0 Å². The first-order chi connectivity index (χ1) is 15.2. The van der Waals surface area contributed by atoms with Gasteiger partial charge in [0.05, 0.1) is 17.8 Å². The number of thioether (sulfide) groups is 1. The number of imidazole rings is 1. The molecule has 0 saturated heterocycles. The molecule has 6 heteroatoms. The van der Waals surface area contributed by atoms with Crippen LogP contribution in [0.25, 0.3) is 0 Å². The lowest BCUT2D eigenvalue weighted by Crippen LogP contribution is -2.37. The van der Waals surface area contributed by atoms with Gasteiger partial charge in [0.1, 0.15) is 0 Å². The van der Waals surface area contributed by atoms with Crippen molar-refractivity contribution >= 4 is 23.3 Å². The van der Waals surface area contributed by atoms with Crippen molar-refractivity contribution in [1.29, 1.82) is 0 Å². The van der Waals surface area contributed by atoms with Crippen LogP contribution in [0.4, 0.5) is 0 Å². The SMILES string of the molecule is CCSc1ncc(C2C3=C(CCCC3=O)NC3=C2C(=O)CCC3)n1Cc1ccccc1. The molecule has 160 valence electrons. The first-order valence-electron chi connectivity index (χ1n) is 11.2. The van der Waals surface area contributed by atoms with E-state index >= 15 is 0 Å². The van der Waals surface area contributed by atoms with E-state index in [9.17, 15) is 9.59 Å². The molecule has 0 radical (unpaired) electrons. The molecule has 0 atom stereocenters. The summed E-state index contributed by atoms with van der Waals surface area (Å²) in [6.45, 7) is 2.79. The molecule has 0 unspecified atom stereocenters. The van der Waals surface area contributed by atoms with Gasteiger partial charge in [0.15, 0.2) is 16.7 Å². The number of aromatic nitrogens is 2. The van der Waals surface area contributed by atoms with Gasteiger partial charge in [-0.25, -0.2) is 4.98 Å². The Labute approximate surface area is 187 Å². The molecule has 0 amide bonds. The lowest BCUT2D eigenvalue weighted by Gasteiger charge is -2.37. The Morgan fingerprint density at radius 2 is 1.65 bits per heavy atom. The van der Waals surface area contributed by atoms with Gasteiger partial charge in [0, 0.05) is 41.9 Å². The third kappa shape index (κ3) is 3.67. The fraction of sp³-hybridized carbons (Fsp3) is 0.400. The Hall–Kier alpha value is -2.60. The van der Waals surface area contributed by atoms with Gasteiger partial charge in [-0.15, -0.1) is 0 Å². The molecule has 2 aromatic rings. The van der Waals surface area contributed by atoms with Crippen molar-refractivity contribution in [3.05, 3.63) is 70.3 Å². The maximum absolute atomic E-state index is 13.1. The van der Waals surface area contributed by atoms with Gasteiger partial charge >= 0.3 is 0 Å². The predicted octanol–water partition coefficient (Wildman–Crippen LogP) is 4.74. The molecule has 0 fully saturated rings. The number of rotatable bonds is 5. The van der Waals surface area contributed by atoms with E-state index in [2.05, 4.69) is 28.9 Å². The lowest BCUT2D eigenvalue weighted by molar-refractivity contribution is -0.117. The molecule has 3 aliphatic rings.